The van der Waals surface area contributed by atoms with Crippen LogP contribution < -0.4 is 5.32 Å². The molecule has 0 spiro atoms. The average Bonchev–Trinajstić information content (AvgIpc) is 2.67. The number of nitrogens with zero attached hydrogens (tertiary/aromatic N) is 1. The summed E-state index contributed by atoms with van der Waals surface area (Å²) in [7, 11) is 0. The summed E-state index contributed by atoms with van der Waals surface area (Å²) < 4.78 is 37.7. The van der Waals surface area contributed by atoms with Gasteiger partial charge in [0.15, 0.2) is 0 Å². The molecular formula is C9H10F3N3O3. The molecule has 18 heavy (non-hydrogen) atoms. The first kappa shape index (κ1) is 14.0. The van der Waals surface area contributed by atoms with Crippen LogP contribution in [0.4, 0.5) is 13.2 Å². The summed E-state index contributed by atoms with van der Waals surface area (Å²) in [5.41, 5.74) is -3.04. The molecule has 0 fully saturated rings. The molecule has 100 valence electrons. The topological polar surface area (TPSA) is 95.1 Å². The van der Waals surface area contributed by atoms with Crippen molar-refractivity contribution in [1.29, 1.82) is 0 Å². The fourth-order valence-corrected chi connectivity index (χ4v) is 1.12. The molecule has 0 aliphatic rings. The smallest absolute Gasteiger partial charge is 0.422 e. The van der Waals surface area contributed by atoms with E-state index >= 15 is 0 Å². The Balaban J connectivity index is 2.80. The highest BCUT2D eigenvalue weighted by Crippen LogP contribution is 2.30. The van der Waals surface area contributed by atoms with E-state index in [1.54, 1.807) is 0 Å². The molecule has 1 aromatic rings. The number of hydrogen-bond acceptors (Lipinski definition) is 3. The zero-order valence-electron chi connectivity index (χ0n) is 9.21. The van der Waals surface area contributed by atoms with Crippen LogP contribution in [0.2, 0.25) is 0 Å². The van der Waals surface area contributed by atoms with Gasteiger partial charge in [-0.15, -0.1) is 0 Å². The van der Waals surface area contributed by atoms with E-state index in [9.17, 15) is 22.8 Å². The Morgan fingerprint density at radius 2 is 2.11 bits per heavy atom. The van der Waals surface area contributed by atoms with E-state index in [0.717, 1.165) is 0 Å². The molecule has 3 N–H and O–H groups in total. The lowest BCUT2D eigenvalue weighted by molar-refractivity contribution is -0.206. The first-order valence-electron chi connectivity index (χ1n) is 4.76. The highest BCUT2D eigenvalue weighted by atomic mass is 19.4. The zero-order chi connectivity index (χ0) is 14.0. The Morgan fingerprint density at radius 1 is 1.50 bits per heavy atom. The number of hydrogen-bond donors (Lipinski definition) is 3. The number of aromatic amines is 1. The standard InChI is InChI=1S/C9H10F3N3O3/c1-8(7(17)18,9(10,11)12)14-6(16)4-5-2-3-13-15-5/h2-3H,4H2,1H3,(H,13,15)(H,14,16)(H,17,18). The second-order valence-electron chi connectivity index (χ2n) is 3.73. The monoisotopic (exact) mass is 265 g/mol. The molecule has 0 saturated heterocycles. The second-order valence-corrected chi connectivity index (χ2v) is 3.73. The molecule has 1 atom stereocenters. The molecule has 1 rings (SSSR count). The van der Waals surface area contributed by atoms with Crippen molar-refractivity contribution in [3.05, 3.63) is 18.0 Å². The van der Waals surface area contributed by atoms with Crippen LogP contribution in [0.3, 0.4) is 0 Å². The van der Waals surface area contributed by atoms with Crippen molar-refractivity contribution in [3.63, 3.8) is 0 Å². The van der Waals surface area contributed by atoms with Crippen LogP contribution in [0, 0.1) is 0 Å². The Hall–Kier alpha value is -2.06. The van der Waals surface area contributed by atoms with Crippen molar-refractivity contribution >= 4 is 11.9 Å². The van der Waals surface area contributed by atoms with E-state index < -0.39 is 30.0 Å². The van der Waals surface area contributed by atoms with Gasteiger partial charge in [0.25, 0.3) is 0 Å². The van der Waals surface area contributed by atoms with Crippen LogP contribution in [0.1, 0.15) is 12.6 Å². The summed E-state index contributed by atoms with van der Waals surface area (Å²) >= 11 is 0. The maximum absolute atomic E-state index is 12.6. The van der Waals surface area contributed by atoms with E-state index in [0.29, 0.717) is 6.92 Å². The molecule has 1 amide bonds. The fraction of sp³-hybridized carbons (Fsp3) is 0.444. The normalized spacial score (nSPS) is 14.9. The van der Waals surface area contributed by atoms with Gasteiger partial charge >= 0.3 is 12.1 Å². The number of rotatable bonds is 4. The number of alkyl halides is 3. The second kappa shape index (κ2) is 4.67. The maximum atomic E-state index is 12.6. The van der Waals surface area contributed by atoms with Crippen molar-refractivity contribution in [3.8, 4) is 0 Å². The SMILES string of the molecule is CC(NC(=O)Cc1ccn[nH]1)(C(=O)O)C(F)(F)F. The van der Waals surface area contributed by atoms with Crippen LogP contribution >= 0.6 is 0 Å². The first-order valence-corrected chi connectivity index (χ1v) is 4.76. The van der Waals surface area contributed by atoms with E-state index in [2.05, 4.69) is 10.2 Å². The molecule has 1 unspecified atom stereocenters. The number of aliphatic carboxylic acids is 1. The molecule has 0 aliphatic heterocycles. The lowest BCUT2D eigenvalue weighted by Gasteiger charge is -2.28. The number of amides is 1. The van der Waals surface area contributed by atoms with Crippen molar-refractivity contribution in [2.45, 2.75) is 25.1 Å². The van der Waals surface area contributed by atoms with Crippen LogP contribution in [0.5, 0.6) is 0 Å². The van der Waals surface area contributed by atoms with Crippen molar-refractivity contribution < 1.29 is 27.9 Å². The van der Waals surface area contributed by atoms with Gasteiger partial charge in [-0.1, -0.05) is 0 Å². The minimum Gasteiger partial charge on any atom is -0.479 e. The number of carbonyl (C=O) groups excluding carboxylic acids is 1. The van der Waals surface area contributed by atoms with Gasteiger partial charge in [0.2, 0.25) is 11.4 Å². The van der Waals surface area contributed by atoms with Crippen molar-refractivity contribution in [2.24, 2.45) is 0 Å². The predicted molar refractivity (Wildman–Crippen MR) is 52.5 cm³/mol. The van der Waals surface area contributed by atoms with Gasteiger partial charge in [-0.05, 0) is 13.0 Å². The van der Waals surface area contributed by atoms with E-state index in [-0.39, 0.29) is 5.69 Å². The Labute approximate surface area is 99.2 Å². The number of nitrogens with one attached hydrogen (secondary N) is 2. The molecule has 1 aromatic heterocycles. The number of carboxylic acids is 1. The maximum Gasteiger partial charge on any atom is 0.422 e. The summed E-state index contributed by atoms with van der Waals surface area (Å²) in [4.78, 5) is 22.0. The summed E-state index contributed by atoms with van der Waals surface area (Å²) in [6, 6.07) is 1.39. The number of halogens is 3. The Bertz CT molecular complexity index is 444. The molecule has 9 heteroatoms. The van der Waals surface area contributed by atoms with E-state index in [1.807, 2.05) is 0 Å². The van der Waals surface area contributed by atoms with Gasteiger partial charge in [-0.25, -0.2) is 4.79 Å². The Morgan fingerprint density at radius 3 is 2.50 bits per heavy atom. The summed E-state index contributed by atoms with van der Waals surface area (Å²) in [5, 5.41) is 15.9. The number of H-pyrrole nitrogens is 1. The molecule has 0 bridgehead atoms. The third-order valence-electron chi connectivity index (χ3n) is 2.29. The van der Waals surface area contributed by atoms with Gasteiger partial charge in [0, 0.05) is 11.9 Å². The lowest BCUT2D eigenvalue weighted by Crippen LogP contribution is -2.62. The summed E-state index contributed by atoms with van der Waals surface area (Å²) in [6.07, 6.45) is -4.19. The minimum absolute atomic E-state index is 0.280. The highest BCUT2D eigenvalue weighted by Gasteiger charge is 2.58. The van der Waals surface area contributed by atoms with Gasteiger partial charge in [-0.3, -0.25) is 9.89 Å². The Kier molecular flexibility index (Phi) is 3.63. The van der Waals surface area contributed by atoms with Crippen LogP contribution in [0.25, 0.3) is 0 Å². The number of carbonyl (C=O) groups is 2. The molecule has 1 heterocycles. The summed E-state index contributed by atoms with van der Waals surface area (Å²) in [5.74, 6) is -3.24. The molecule has 0 radical (unpaired) electrons. The van der Waals surface area contributed by atoms with Gasteiger partial charge < -0.3 is 10.4 Å². The van der Waals surface area contributed by atoms with Gasteiger partial charge in [0.1, 0.15) is 0 Å². The summed E-state index contributed by atoms with van der Waals surface area (Å²) in [6.45, 7) is 0.389. The largest absolute Gasteiger partial charge is 0.479 e. The first-order chi connectivity index (χ1) is 8.17. The third kappa shape index (κ3) is 2.79. The highest BCUT2D eigenvalue weighted by molar-refractivity contribution is 5.88. The van der Waals surface area contributed by atoms with Crippen molar-refractivity contribution in [1.82, 2.24) is 15.5 Å². The molecule has 0 saturated carbocycles. The minimum atomic E-state index is -5.09. The van der Waals surface area contributed by atoms with E-state index in [4.69, 9.17) is 5.11 Å². The van der Waals surface area contributed by atoms with E-state index in [1.165, 1.54) is 17.6 Å². The fourth-order valence-electron chi connectivity index (χ4n) is 1.12. The third-order valence-corrected chi connectivity index (χ3v) is 2.29. The zero-order valence-corrected chi connectivity index (χ0v) is 9.21. The van der Waals surface area contributed by atoms with Gasteiger partial charge in [0.05, 0.1) is 6.42 Å². The predicted octanol–water partition coefficient (Wildman–Crippen LogP) is 0.474. The van der Waals surface area contributed by atoms with Crippen LogP contribution in [-0.4, -0.2) is 38.9 Å². The number of aromatic nitrogens is 2. The molecule has 0 aliphatic carbocycles. The molecule has 6 nitrogen and oxygen atoms in total. The van der Waals surface area contributed by atoms with Crippen LogP contribution in [0.15, 0.2) is 12.3 Å². The number of carboxylic acid groups (broad SMARTS) is 1. The van der Waals surface area contributed by atoms with Gasteiger partial charge in [-0.2, -0.15) is 18.3 Å². The van der Waals surface area contributed by atoms with Crippen LogP contribution in [-0.2, 0) is 16.0 Å². The quantitative estimate of drug-likeness (QED) is 0.737. The molecular weight excluding hydrogens is 255 g/mol. The van der Waals surface area contributed by atoms with Crippen molar-refractivity contribution in [2.75, 3.05) is 0 Å². The average molecular weight is 265 g/mol. The lowest BCUT2D eigenvalue weighted by atomic mass is 10.0. The molecule has 0 aromatic carbocycles.